The number of rotatable bonds is 6. The number of aromatic nitrogens is 1. The Hall–Kier alpha value is -4.26. The summed E-state index contributed by atoms with van der Waals surface area (Å²) in [5, 5.41) is 5.10. The van der Waals surface area contributed by atoms with Crippen LogP contribution in [0.2, 0.25) is 0 Å². The van der Waals surface area contributed by atoms with E-state index in [0.717, 1.165) is 36.1 Å². The van der Waals surface area contributed by atoms with Gasteiger partial charge in [0, 0.05) is 30.8 Å². The number of hydrogen-bond acceptors (Lipinski definition) is 8. The van der Waals surface area contributed by atoms with E-state index in [4.69, 9.17) is 4.74 Å². The highest BCUT2D eigenvalue weighted by molar-refractivity contribution is 7.91. The van der Waals surface area contributed by atoms with Crippen molar-refractivity contribution >= 4 is 39.5 Å². The molecule has 12 nitrogen and oxygen atoms in total. The average molecular weight is 678 g/mol. The molecular formula is C35H43N5O7S. The van der Waals surface area contributed by atoms with Crippen LogP contribution in [0.5, 0.6) is 0 Å². The van der Waals surface area contributed by atoms with Gasteiger partial charge in [0.25, 0.3) is 5.91 Å². The molecule has 0 radical (unpaired) electrons. The van der Waals surface area contributed by atoms with Crippen LogP contribution < -0.4 is 15.4 Å². The number of hydrogen-bond donors (Lipinski definition) is 3. The van der Waals surface area contributed by atoms with Gasteiger partial charge in [-0.25, -0.2) is 13.2 Å². The molecule has 48 heavy (non-hydrogen) atoms. The Morgan fingerprint density at radius 2 is 1.83 bits per heavy atom. The number of anilines is 1. The minimum Gasteiger partial charge on any atom is -0.446 e. The third-order valence-corrected chi connectivity index (χ3v) is 11.7. The third-order valence-electron chi connectivity index (χ3n) is 9.85. The number of carbonyl (C=O) groups excluding carboxylic acids is 4. The lowest BCUT2D eigenvalue weighted by Crippen LogP contribution is -2.54. The molecule has 1 aromatic carbocycles. The molecule has 1 aliphatic heterocycles. The summed E-state index contributed by atoms with van der Waals surface area (Å²) in [5.41, 5.74) is 2.25. The molecule has 3 fully saturated rings. The second-order valence-corrected chi connectivity index (χ2v) is 15.6. The summed E-state index contributed by atoms with van der Waals surface area (Å²) in [4.78, 5) is 60.6. The smallest absolute Gasteiger partial charge is 0.411 e. The van der Waals surface area contributed by atoms with Gasteiger partial charge in [-0.05, 0) is 89.0 Å². The van der Waals surface area contributed by atoms with E-state index < -0.39 is 56.7 Å². The second-order valence-electron chi connectivity index (χ2n) is 13.7. The number of amides is 4. The number of fused-ring (bicyclic) bond motifs is 2. The highest BCUT2D eigenvalue weighted by Gasteiger charge is 2.62. The number of pyridine rings is 1. The Morgan fingerprint density at radius 3 is 2.58 bits per heavy atom. The van der Waals surface area contributed by atoms with Crippen molar-refractivity contribution in [2.45, 2.75) is 82.1 Å². The molecule has 2 heterocycles. The number of carbonyl (C=O) groups is 4. The largest absolute Gasteiger partial charge is 0.446 e. The Labute approximate surface area is 281 Å². The maximum Gasteiger partial charge on any atom is 0.411 e. The van der Waals surface area contributed by atoms with E-state index in [1.807, 2.05) is 62.4 Å². The summed E-state index contributed by atoms with van der Waals surface area (Å²) in [7, 11) is -2.14. The summed E-state index contributed by atoms with van der Waals surface area (Å²) in [6.45, 7) is 4.31. The maximum atomic E-state index is 14.0. The molecule has 256 valence electrons. The van der Waals surface area contributed by atoms with Gasteiger partial charge in [-0.3, -0.25) is 29.4 Å². The summed E-state index contributed by atoms with van der Waals surface area (Å²) >= 11 is 0. The minimum atomic E-state index is -3.84. The van der Waals surface area contributed by atoms with Gasteiger partial charge in [0.1, 0.15) is 11.6 Å². The van der Waals surface area contributed by atoms with Gasteiger partial charge >= 0.3 is 6.09 Å². The first-order valence-corrected chi connectivity index (χ1v) is 18.2. The highest BCUT2D eigenvalue weighted by atomic mass is 32.2. The lowest BCUT2D eigenvalue weighted by atomic mass is 9.93. The average Bonchev–Trinajstić information content (AvgIpc) is 3.95. The van der Waals surface area contributed by atoms with Gasteiger partial charge in [0.2, 0.25) is 21.8 Å². The standard InChI is InChI=1S/C35H43N5O7S/c1-21-12-15-26(29-11-8-9-22(2)36-29)30(17-21)37-34(44)47-24-18-27-28(19-24)32(42)40(3)16-7-5-4-6-10-23-20-35(23,38-31(27)41)33(43)39-48(45,46)25-13-14-25/h6,8-12,15,17,23-25,27-28H,4-5,7,13-14,16,18-20H2,1-3H3,(H,37,44)(H,38,41)(H,39,43)/t23-,24-,27-,28-,35-/m1/s1. The monoisotopic (exact) mass is 677 g/mol. The first-order chi connectivity index (χ1) is 22.9. The van der Waals surface area contributed by atoms with Crippen LogP contribution in [-0.2, 0) is 29.1 Å². The van der Waals surface area contributed by atoms with Crippen molar-refractivity contribution in [3.8, 4) is 11.3 Å². The lowest BCUT2D eigenvalue weighted by molar-refractivity contribution is -0.140. The van der Waals surface area contributed by atoms with E-state index in [-0.39, 0.29) is 31.1 Å². The molecule has 0 unspecified atom stereocenters. The molecule has 4 aliphatic rings. The fourth-order valence-electron chi connectivity index (χ4n) is 6.86. The first kappa shape index (κ1) is 33.6. The Morgan fingerprint density at radius 1 is 1.06 bits per heavy atom. The van der Waals surface area contributed by atoms with Crippen molar-refractivity contribution in [3.05, 3.63) is 59.8 Å². The molecule has 0 spiro atoms. The molecule has 6 rings (SSSR count). The van der Waals surface area contributed by atoms with Gasteiger partial charge < -0.3 is 15.0 Å². The van der Waals surface area contributed by atoms with E-state index in [1.165, 1.54) is 0 Å². The van der Waals surface area contributed by atoms with E-state index in [9.17, 15) is 27.6 Å². The van der Waals surface area contributed by atoms with Crippen LogP contribution in [0.3, 0.4) is 0 Å². The fraction of sp³-hybridized carbons (Fsp3) is 0.514. The molecule has 0 saturated heterocycles. The summed E-state index contributed by atoms with van der Waals surface area (Å²) in [6, 6.07) is 11.3. The van der Waals surface area contributed by atoms with E-state index in [0.29, 0.717) is 30.8 Å². The third kappa shape index (κ3) is 7.25. The van der Waals surface area contributed by atoms with Crippen molar-refractivity contribution in [2.75, 3.05) is 18.9 Å². The summed E-state index contributed by atoms with van der Waals surface area (Å²) < 4.78 is 33.4. The normalized spacial score (nSPS) is 27.6. The predicted octanol–water partition coefficient (Wildman–Crippen LogP) is 3.99. The number of benzene rings is 1. The number of allylic oxidation sites excluding steroid dienone is 1. The molecule has 1 aromatic heterocycles. The molecular weight excluding hydrogens is 634 g/mol. The number of sulfonamides is 1. The molecule has 13 heteroatoms. The zero-order chi connectivity index (χ0) is 34.2. The summed E-state index contributed by atoms with van der Waals surface area (Å²) in [6.07, 6.45) is 6.09. The van der Waals surface area contributed by atoms with Gasteiger partial charge in [-0.1, -0.05) is 30.4 Å². The van der Waals surface area contributed by atoms with Crippen LogP contribution in [0.15, 0.2) is 48.6 Å². The molecule has 4 amide bonds. The molecule has 3 N–H and O–H groups in total. The maximum absolute atomic E-state index is 14.0. The lowest BCUT2D eigenvalue weighted by Gasteiger charge is -2.26. The molecule has 3 aliphatic carbocycles. The number of nitrogens with zero attached hydrogens (tertiary/aromatic N) is 2. The highest BCUT2D eigenvalue weighted by Crippen LogP contribution is 2.47. The summed E-state index contributed by atoms with van der Waals surface area (Å²) in [5.74, 6) is -3.57. The minimum absolute atomic E-state index is 0.0716. The molecule has 0 bridgehead atoms. The van der Waals surface area contributed by atoms with Gasteiger partial charge in [-0.15, -0.1) is 0 Å². The quantitative estimate of drug-likeness (QED) is 0.387. The fourth-order valence-corrected chi connectivity index (χ4v) is 8.22. The van der Waals surface area contributed by atoms with E-state index in [1.54, 1.807) is 11.9 Å². The predicted molar refractivity (Wildman–Crippen MR) is 179 cm³/mol. The van der Waals surface area contributed by atoms with Crippen LogP contribution in [0.25, 0.3) is 11.3 Å². The van der Waals surface area contributed by atoms with Crippen molar-refractivity contribution in [1.82, 2.24) is 19.9 Å². The SMILES string of the molecule is Cc1ccc(-c2cccc(C)n2)c(NC(=O)O[C@@H]2C[C@H]3C(=O)N[C@]4(C(=O)NS(=O)(=O)C5CC5)C[C@H]4C=CCCCCN(C)C(=O)[C@@H]3C2)c1. The zero-order valence-corrected chi connectivity index (χ0v) is 28.3. The Kier molecular flexibility index (Phi) is 9.34. The van der Waals surface area contributed by atoms with Crippen molar-refractivity contribution in [3.63, 3.8) is 0 Å². The van der Waals surface area contributed by atoms with Crippen LogP contribution in [0.4, 0.5) is 10.5 Å². The van der Waals surface area contributed by atoms with Crippen LogP contribution >= 0.6 is 0 Å². The van der Waals surface area contributed by atoms with Crippen molar-refractivity contribution in [1.29, 1.82) is 0 Å². The van der Waals surface area contributed by atoms with E-state index >= 15 is 0 Å². The van der Waals surface area contributed by atoms with Crippen LogP contribution in [0.1, 0.15) is 62.6 Å². The number of aryl methyl sites for hydroxylation is 2. The van der Waals surface area contributed by atoms with Gasteiger partial charge in [0.15, 0.2) is 0 Å². The first-order valence-electron chi connectivity index (χ1n) is 16.7. The van der Waals surface area contributed by atoms with Crippen molar-refractivity contribution < 1.29 is 32.3 Å². The molecule has 2 aromatic rings. The zero-order valence-electron chi connectivity index (χ0n) is 27.5. The van der Waals surface area contributed by atoms with Gasteiger partial charge in [0.05, 0.1) is 28.5 Å². The molecule has 3 saturated carbocycles. The van der Waals surface area contributed by atoms with Crippen LogP contribution in [0, 0.1) is 31.6 Å². The van der Waals surface area contributed by atoms with Gasteiger partial charge in [-0.2, -0.15) is 0 Å². The van der Waals surface area contributed by atoms with E-state index in [2.05, 4.69) is 20.3 Å². The number of nitrogens with one attached hydrogen (secondary N) is 3. The topological polar surface area (TPSA) is 164 Å². The molecule has 5 atom stereocenters. The number of ether oxygens (including phenoxy) is 1. The Bertz CT molecular complexity index is 1760. The van der Waals surface area contributed by atoms with Crippen LogP contribution in [-0.4, -0.2) is 72.6 Å². The Balaban J connectivity index is 1.21. The van der Waals surface area contributed by atoms with Crippen molar-refractivity contribution in [2.24, 2.45) is 17.8 Å². The second kappa shape index (κ2) is 13.3.